The van der Waals surface area contributed by atoms with Gasteiger partial charge in [0.15, 0.2) is 0 Å². The van der Waals surface area contributed by atoms with Crippen LogP contribution in [0.5, 0.6) is 5.88 Å². The summed E-state index contributed by atoms with van der Waals surface area (Å²) in [7, 11) is 0. The molecule has 0 fully saturated rings. The van der Waals surface area contributed by atoms with Gasteiger partial charge in [0.1, 0.15) is 17.4 Å². The van der Waals surface area contributed by atoms with E-state index in [1.807, 2.05) is 24.3 Å². The van der Waals surface area contributed by atoms with E-state index in [1.165, 1.54) is 6.07 Å². The molecule has 18 heavy (non-hydrogen) atoms. The molecule has 2 rings (SSSR count). The lowest BCUT2D eigenvalue weighted by atomic mass is 10.2. The topological polar surface area (TPSA) is 48.1 Å². The van der Waals surface area contributed by atoms with E-state index in [4.69, 9.17) is 33.7 Å². The van der Waals surface area contributed by atoms with Gasteiger partial charge in [0.25, 0.3) is 0 Å². The third-order valence-electron chi connectivity index (χ3n) is 2.25. The number of nitrogen functional groups attached to an aromatic ring is 1. The standard InChI is InChI=1S/C12H9BrCl2N2O/c13-8-4-2-1-3-7(8)6-18-12-10(15)5-9(14)11(16)17-12/h1-5H,6H2,(H2,16,17). The highest BCUT2D eigenvalue weighted by molar-refractivity contribution is 9.10. The van der Waals surface area contributed by atoms with E-state index >= 15 is 0 Å². The van der Waals surface area contributed by atoms with Crippen LogP contribution in [0.25, 0.3) is 0 Å². The molecule has 0 radical (unpaired) electrons. The van der Waals surface area contributed by atoms with Crippen molar-refractivity contribution in [2.75, 3.05) is 5.73 Å². The molecular weight excluding hydrogens is 339 g/mol. The molecule has 0 amide bonds. The van der Waals surface area contributed by atoms with Gasteiger partial charge in [-0.25, -0.2) is 0 Å². The zero-order valence-corrected chi connectivity index (χ0v) is 12.3. The van der Waals surface area contributed by atoms with E-state index < -0.39 is 0 Å². The molecule has 1 aromatic carbocycles. The number of nitrogens with two attached hydrogens (primary N) is 1. The number of halogens is 3. The van der Waals surface area contributed by atoms with E-state index in [1.54, 1.807) is 0 Å². The minimum atomic E-state index is 0.197. The smallest absolute Gasteiger partial charge is 0.234 e. The van der Waals surface area contributed by atoms with Crippen LogP contribution in [0.4, 0.5) is 5.82 Å². The number of aromatic nitrogens is 1. The summed E-state index contributed by atoms with van der Waals surface area (Å²) in [6.45, 7) is 0.342. The van der Waals surface area contributed by atoms with Crippen LogP contribution < -0.4 is 10.5 Å². The monoisotopic (exact) mass is 346 g/mol. The molecule has 0 unspecified atom stereocenters. The average molecular weight is 348 g/mol. The zero-order valence-electron chi connectivity index (χ0n) is 9.16. The summed E-state index contributed by atoms with van der Waals surface area (Å²) in [4.78, 5) is 3.99. The molecule has 0 bridgehead atoms. The van der Waals surface area contributed by atoms with Crippen molar-refractivity contribution in [3.05, 3.63) is 50.4 Å². The lowest BCUT2D eigenvalue weighted by Gasteiger charge is -2.09. The van der Waals surface area contributed by atoms with Crippen molar-refractivity contribution in [2.45, 2.75) is 6.61 Å². The second-order valence-electron chi connectivity index (χ2n) is 3.52. The number of rotatable bonds is 3. The van der Waals surface area contributed by atoms with Gasteiger partial charge >= 0.3 is 0 Å². The summed E-state index contributed by atoms with van der Waals surface area (Å²) < 4.78 is 6.49. The summed E-state index contributed by atoms with van der Waals surface area (Å²) in [6.07, 6.45) is 0. The molecule has 94 valence electrons. The van der Waals surface area contributed by atoms with Gasteiger partial charge in [-0.1, -0.05) is 57.3 Å². The van der Waals surface area contributed by atoms with Gasteiger partial charge in [-0.05, 0) is 12.1 Å². The lowest BCUT2D eigenvalue weighted by Crippen LogP contribution is -2.01. The third-order valence-corrected chi connectivity index (χ3v) is 3.59. The van der Waals surface area contributed by atoms with E-state index in [9.17, 15) is 0 Å². The minimum absolute atomic E-state index is 0.197. The molecule has 0 aliphatic heterocycles. The molecule has 6 heteroatoms. The molecule has 2 aromatic rings. The number of pyridine rings is 1. The number of benzene rings is 1. The van der Waals surface area contributed by atoms with Crippen LogP contribution in [0.3, 0.4) is 0 Å². The Balaban J connectivity index is 2.16. The quantitative estimate of drug-likeness (QED) is 0.899. The number of anilines is 1. The Labute approximate surface area is 123 Å². The molecule has 0 aliphatic rings. The molecule has 1 heterocycles. The molecule has 0 atom stereocenters. The highest BCUT2D eigenvalue weighted by atomic mass is 79.9. The normalized spacial score (nSPS) is 10.4. The Morgan fingerprint density at radius 2 is 1.94 bits per heavy atom. The Morgan fingerprint density at radius 1 is 1.22 bits per heavy atom. The summed E-state index contributed by atoms with van der Waals surface area (Å²) in [5.74, 6) is 0.470. The maximum absolute atomic E-state index is 5.97. The number of hydrogen-bond acceptors (Lipinski definition) is 3. The van der Waals surface area contributed by atoms with Gasteiger partial charge in [0, 0.05) is 10.0 Å². The van der Waals surface area contributed by atoms with Crippen LogP contribution in [0.15, 0.2) is 34.8 Å². The Morgan fingerprint density at radius 3 is 2.67 bits per heavy atom. The van der Waals surface area contributed by atoms with E-state index in [0.717, 1.165) is 10.0 Å². The molecule has 0 saturated heterocycles. The summed E-state index contributed by atoms with van der Waals surface area (Å²) >= 11 is 15.2. The first-order chi connectivity index (χ1) is 8.58. The van der Waals surface area contributed by atoms with Crippen molar-refractivity contribution >= 4 is 44.9 Å². The third kappa shape index (κ3) is 3.07. The van der Waals surface area contributed by atoms with Crippen molar-refractivity contribution < 1.29 is 4.74 Å². The van der Waals surface area contributed by atoms with Gasteiger partial charge in [0.2, 0.25) is 5.88 Å². The first-order valence-corrected chi connectivity index (χ1v) is 6.60. The number of hydrogen-bond donors (Lipinski definition) is 1. The molecule has 0 spiro atoms. The highest BCUT2D eigenvalue weighted by Gasteiger charge is 2.09. The van der Waals surface area contributed by atoms with Crippen LogP contribution in [0, 0.1) is 0 Å². The van der Waals surface area contributed by atoms with E-state index in [2.05, 4.69) is 20.9 Å². The summed E-state index contributed by atoms with van der Waals surface area (Å²) in [5, 5.41) is 0.648. The largest absolute Gasteiger partial charge is 0.472 e. The number of ether oxygens (including phenoxy) is 1. The van der Waals surface area contributed by atoms with Crippen molar-refractivity contribution in [1.82, 2.24) is 4.98 Å². The van der Waals surface area contributed by atoms with Gasteiger partial charge in [-0.3, -0.25) is 0 Å². The zero-order chi connectivity index (χ0) is 13.1. The van der Waals surface area contributed by atoms with Crippen molar-refractivity contribution in [2.24, 2.45) is 0 Å². The lowest BCUT2D eigenvalue weighted by molar-refractivity contribution is 0.294. The second-order valence-corrected chi connectivity index (χ2v) is 5.19. The molecular formula is C12H9BrCl2N2O. The van der Waals surface area contributed by atoms with Gasteiger partial charge in [0.05, 0.1) is 5.02 Å². The summed E-state index contributed by atoms with van der Waals surface area (Å²) in [6, 6.07) is 9.25. The molecule has 3 nitrogen and oxygen atoms in total. The van der Waals surface area contributed by atoms with Crippen LogP contribution in [0.1, 0.15) is 5.56 Å². The van der Waals surface area contributed by atoms with Crippen molar-refractivity contribution in [1.29, 1.82) is 0 Å². The second kappa shape index (κ2) is 5.78. The number of nitrogens with zero attached hydrogens (tertiary/aromatic N) is 1. The Hall–Kier alpha value is -0.970. The predicted molar refractivity (Wildman–Crippen MR) is 77.1 cm³/mol. The maximum atomic E-state index is 5.97. The molecule has 0 aliphatic carbocycles. The SMILES string of the molecule is Nc1nc(OCc2ccccc2Br)c(Cl)cc1Cl. The average Bonchev–Trinajstić information content (AvgIpc) is 2.34. The first kappa shape index (κ1) is 13.5. The maximum Gasteiger partial charge on any atom is 0.234 e. The fourth-order valence-electron chi connectivity index (χ4n) is 1.33. The molecule has 0 saturated carbocycles. The highest BCUT2D eigenvalue weighted by Crippen LogP contribution is 2.30. The Kier molecular flexibility index (Phi) is 4.32. The van der Waals surface area contributed by atoms with Crippen LogP contribution in [0.2, 0.25) is 10.0 Å². The fourth-order valence-corrected chi connectivity index (χ4v) is 2.14. The van der Waals surface area contributed by atoms with Gasteiger partial charge < -0.3 is 10.5 Å². The molecule has 1 aromatic heterocycles. The minimum Gasteiger partial charge on any atom is -0.472 e. The predicted octanol–water partition coefficient (Wildman–Crippen LogP) is 4.31. The van der Waals surface area contributed by atoms with Crippen LogP contribution >= 0.6 is 39.1 Å². The van der Waals surface area contributed by atoms with Crippen LogP contribution in [-0.2, 0) is 6.61 Å². The summed E-state index contributed by atoms with van der Waals surface area (Å²) in [5.41, 5.74) is 6.59. The van der Waals surface area contributed by atoms with E-state index in [-0.39, 0.29) is 11.7 Å². The fraction of sp³-hybridized carbons (Fsp3) is 0.0833. The van der Waals surface area contributed by atoms with Gasteiger partial charge in [-0.2, -0.15) is 4.98 Å². The Bertz CT molecular complexity index is 578. The van der Waals surface area contributed by atoms with Crippen LogP contribution in [-0.4, -0.2) is 4.98 Å². The van der Waals surface area contributed by atoms with Gasteiger partial charge in [-0.15, -0.1) is 0 Å². The molecule has 2 N–H and O–H groups in total. The van der Waals surface area contributed by atoms with Crippen molar-refractivity contribution in [3.63, 3.8) is 0 Å². The van der Waals surface area contributed by atoms with E-state index in [0.29, 0.717) is 16.7 Å². The first-order valence-electron chi connectivity index (χ1n) is 5.05. The van der Waals surface area contributed by atoms with Crippen molar-refractivity contribution in [3.8, 4) is 5.88 Å².